The van der Waals surface area contributed by atoms with Crippen molar-refractivity contribution in [1.82, 2.24) is 9.48 Å². The average molecular weight is 877 g/mol. The molecule has 9 rings (SSSR count). The van der Waals surface area contributed by atoms with Crippen molar-refractivity contribution in [3.05, 3.63) is 126 Å². The van der Waals surface area contributed by atoms with Crippen LogP contribution in [0.2, 0.25) is 0 Å². The second-order valence-electron chi connectivity index (χ2n) is 18.0. The highest BCUT2D eigenvalue weighted by Crippen LogP contribution is 2.53. The number of anilines is 1. The molecule has 63 heavy (non-hydrogen) atoms. The van der Waals surface area contributed by atoms with Crippen molar-refractivity contribution in [2.24, 2.45) is 0 Å². The number of carbonyl (C=O) groups excluding carboxylic acids is 2. The summed E-state index contributed by atoms with van der Waals surface area (Å²) < 4.78 is 135. The Morgan fingerprint density at radius 1 is 0.778 bits per heavy atom. The fraction of sp³-hybridized carbons (Fsp3) is 0.354. The Morgan fingerprint density at radius 2 is 1.43 bits per heavy atom. The minimum Gasteiger partial charge on any atom is -0.455 e. The van der Waals surface area contributed by atoms with Gasteiger partial charge < -0.3 is 19.3 Å². The molecule has 4 aromatic rings. The minimum atomic E-state index is -2.26. The third-order valence-electron chi connectivity index (χ3n) is 13.0. The van der Waals surface area contributed by atoms with Crippen molar-refractivity contribution in [3.63, 3.8) is 0 Å². The number of benzene rings is 4. The molecule has 0 saturated carbocycles. The molecule has 0 aliphatic carbocycles. The van der Waals surface area contributed by atoms with Gasteiger partial charge in [0, 0.05) is 85.1 Å². The molecule has 0 radical (unpaired) electrons. The van der Waals surface area contributed by atoms with E-state index in [0.29, 0.717) is 42.1 Å². The lowest BCUT2D eigenvalue weighted by atomic mass is 9.78. The summed E-state index contributed by atoms with van der Waals surface area (Å²) in [5.74, 6) is -19.8. The molecule has 15 heteroatoms. The number of ether oxygens (including phenoxy) is 2. The second-order valence-corrected chi connectivity index (χ2v) is 18.0. The van der Waals surface area contributed by atoms with Crippen LogP contribution in [-0.2, 0) is 17.6 Å². The Morgan fingerprint density at radius 3 is 2.13 bits per heavy atom. The zero-order chi connectivity index (χ0) is 45.3. The minimum absolute atomic E-state index is 0.0791. The van der Waals surface area contributed by atoms with Gasteiger partial charge in [0.2, 0.25) is 22.7 Å². The lowest BCUT2D eigenvalue weighted by Gasteiger charge is -2.47. The number of hydrogen-bond donors (Lipinski definition) is 0. The van der Waals surface area contributed by atoms with Crippen LogP contribution in [0.5, 0.6) is 17.2 Å². The lowest BCUT2D eigenvalue weighted by Crippen LogP contribution is -2.53. The van der Waals surface area contributed by atoms with Gasteiger partial charge in [0.1, 0.15) is 18.0 Å². The van der Waals surface area contributed by atoms with Crippen LogP contribution in [0.4, 0.5) is 40.8 Å². The average Bonchev–Trinajstić information content (AvgIpc) is 3.23. The number of carbonyl (C=O) groups is 2. The van der Waals surface area contributed by atoms with Gasteiger partial charge in [0.15, 0.2) is 40.4 Å². The predicted molar refractivity (Wildman–Crippen MR) is 219 cm³/mol. The van der Waals surface area contributed by atoms with Gasteiger partial charge in [0.05, 0.1) is 28.8 Å². The summed E-state index contributed by atoms with van der Waals surface area (Å²) >= 11 is 0. The van der Waals surface area contributed by atoms with Crippen molar-refractivity contribution in [1.29, 1.82) is 0 Å². The Bertz CT molecular complexity index is 2960. The van der Waals surface area contributed by atoms with E-state index >= 15 is 17.6 Å². The van der Waals surface area contributed by atoms with Crippen LogP contribution in [0.15, 0.2) is 30.4 Å². The first-order valence-electron chi connectivity index (χ1n) is 20.7. The molecule has 0 atom stereocenters. The van der Waals surface area contributed by atoms with Crippen LogP contribution in [0, 0.1) is 46.5 Å². The number of esters is 1. The van der Waals surface area contributed by atoms with Crippen LogP contribution in [-0.4, -0.2) is 54.5 Å². The van der Waals surface area contributed by atoms with Gasteiger partial charge in [-0.15, -0.1) is 0 Å². The number of allylic oxidation sites excluding steroid dienone is 2. The summed E-state index contributed by atoms with van der Waals surface area (Å²) in [5, 5.41) is 1.13. The van der Waals surface area contributed by atoms with Gasteiger partial charge in [-0.3, -0.25) is 9.59 Å². The van der Waals surface area contributed by atoms with E-state index in [0.717, 1.165) is 64.6 Å². The van der Waals surface area contributed by atoms with Crippen LogP contribution in [0.25, 0.3) is 16.7 Å². The van der Waals surface area contributed by atoms with E-state index < -0.39 is 99.3 Å². The normalized spacial score (nSPS) is 17.5. The van der Waals surface area contributed by atoms with Gasteiger partial charge in [-0.2, -0.15) is 8.78 Å². The number of nitrogens with zero attached hydrogens (tertiary/aromatic N) is 3. The molecule has 0 spiro atoms. The molecule has 4 aromatic carbocycles. The third kappa shape index (κ3) is 6.30. The molecule has 7 nitrogen and oxygen atoms in total. The van der Waals surface area contributed by atoms with Crippen molar-refractivity contribution in [3.8, 4) is 17.2 Å². The zero-order valence-corrected chi connectivity index (χ0v) is 35.5. The van der Waals surface area contributed by atoms with E-state index in [9.17, 15) is 27.2 Å². The first kappa shape index (κ1) is 42.3. The molecule has 0 fully saturated rings. The maximum Gasteiger partial charge on any atom is 0.313 e. The van der Waals surface area contributed by atoms with Gasteiger partial charge in [-0.05, 0) is 76.3 Å². The Labute approximate surface area is 357 Å². The van der Waals surface area contributed by atoms with Gasteiger partial charge in [-0.1, -0.05) is 6.08 Å². The molecular weight excluding hydrogens is 835 g/mol. The molecule has 5 aliphatic heterocycles. The van der Waals surface area contributed by atoms with E-state index in [4.69, 9.17) is 4.74 Å². The third-order valence-corrected chi connectivity index (χ3v) is 13.0. The molecule has 0 N–H and O–H groups in total. The molecule has 5 aliphatic rings. The molecular formula is C48H42F8N3O4+. The molecule has 0 unspecified atom stereocenters. The monoisotopic (exact) mass is 876 g/mol. The van der Waals surface area contributed by atoms with Gasteiger partial charge in [-0.25, -0.2) is 30.9 Å². The molecule has 0 bridgehead atoms. The number of hydrogen-bond acceptors (Lipinski definition) is 5. The van der Waals surface area contributed by atoms with Crippen molar-refractivity contribution < 1.29 is 54.2 Å². The molecule has 0 aromatic heterocycles. The number of amides is 1. The number of rotatable bonds is 6. The summed E-state index contributed by atoms with van der Waals surface area (Å²) in [6.07, 6.45) is 5.80. The van der Waals surface area contributed by atoms with Crippen LogP contribution >= 0.6 is 0 Å². The molecule has 328 valence electrons. The molecule has 5 heterocycles. The highest BCUT2D eigenvalue weighted by Gasteiger charge is 2.44. The van der Waals surface area contributed by atoms with Crippen LogP contribution in [0.3, 0.4) is 0 Å². The Balaban J connectivity index is 1.29. The quantitative estimate of drug-likeness (QED) is 0.0427. The smallest absolute Gasteiger partial charge is 0.313 e. The second kappa shape index (κ2) is 14.5. The summed E-state index contributed by atoms with van der Waals surface area (Å²) in [4.78, 5) is 30.2. The molecule has 1 amide bonds. The summed E-state index contributed by atoms with van der Waals surface area (Å²) in [7, 11) is 1.05. The first-order chi connectivity index (χ1) is 29.6. The van der Waals surface area contributed by atoms with E-state index in [2.05, 4.69) is 54.1 Å². The fourth-order valence-electron chi connectivity index (χ4n) is 10.2. The number of halogens is 8. The standard InChI is InChI=1S/C48H42F8N3O4/c1-21-19-47(3,4)58-13-8-10-23-41(58)25(21)16-27-32(28-17-26-22(2)20-48(5,6)59-14-9-11-24(42(26)59)44(28)63-43(23)27)33-34(38(54)40(56)39(55)37(33)53)46(61)57(7)15-12-31(60)62-45-35(51)29(49)18-30(50)36(45)52/h16-20H,8-15H2,1-7H3/q+1. The van der Waals surface area contributed by atoms with Gasteiger partial charge >= 0.3 is 5.97 Å². The fourth-order valence-corrected chi connectivity index (χ4v) is 10.2. The topological polar surface area (TPSA) is 62.1 Å². The largest absolute Gasteiger partial charge is 0.455 e. The highest BCUT2D eigenvalue weighted by atomic mass is 19.2. The zero-order valence-electron chi connectivity index (χ0n) is 35.5. The molecule has 0 saturated heterocycles. The first-order valence-corrected chi connectivity index (χ1v) is 20.7. The Hall–Kier alpha value is -5.99. The Kier molecular flexibility index (Phi) is 9.76. The highest BCUT2D eigenvalue weighted by molar-refractivity contribution is 6.04. The summed E-state index contributed by atoms with van der Waals surface area (Å²) in [6.45, 7) is 13.0. The summed E-state index contributed by atoms with van der Waals surface area (Å²) in [5.41, 5.74) is 2.97. The lowest BCUT2D eigenvalue weighted by molar-refractivity contribution is -0.135. The maximum atomic E-state index is 17.1. The van der Waals surface area contributed by atoms with Crippen LogP contribution in [0.1, 0.15) is 105 Å². The SMILES string of the molecule is CC1=CC(C)(C)N2CCCc3c4c(cc1c32)C(c1c(F)c(F)c(F)c(F)c1C(=O)N(C)CCC(=O)Oc1c(F)c(F)cc(F)c1F)=c1cc2c3c(c1O4)CCC[N+]=3C(C)(C)C=C2C. The maximum absolute atomic E-state index is 17.1. The van der Waals surface area contributed by atoms with Crippen molar-refractivity contribution in [2.45, 2.75) is 84.7 Å². The van der Waals surface area contributed by atoms with E-state index in [1.807, 2.05) is 13.8 Å². The van der Waals surface area contributed by atoms with Gasteiger partial charge in [0.25, 0.3) is 5.91 Å². The van der Waals surface area contributed by atoms with E-state index in [-0.39, 0.29) is 22.4 Å². The predicted octanol–water partition coefficient (Wildman–Crippen LogP) is 8.80. The number of fused-ring (bicyclic) bond motifs is 4. The van der Waals surface area contributed by atoms with Crippen molar-refractivity contribution in [2.75, 3.05) is 31.6 Å². The van der Waals surface area contributed by atoms with Crippen LogP contribution < -0.4 is 29.5 Å². The van der Waals surface area contributed by atoms with E-state index in [1.54, 1.807) is 12.1 Å². The van der Waals surface area contributed by atoms with Crippen molar-refractivity contribution >= 4 is 34.3 Å². The summed E-state index contributed by atoms with van der Waals surface area (Å²) in [6, 6.07) is 3.44. The van der Waals surface area contributed by atoms with E-state index in [1.165, 1.54) is 0 Å².